The first-order chi connectivity index (χ1) is 5.54. The Morgan fingerprint density at radius 3 is 1.92 bits per heavy atom. The summed E-state index contributed by atoms with van der Waals surface area (Å²) in [6.45, 7) is 0. The fourth-order valence-corrected chi connectivity index (χ4v) is 4.07. The Kier molecular flexibility index (Phi) is 3.82. The molecule has 1 nitrogen and oxygen atoms in total. The fourth-order valence-electron chi connectivity index (χ4n) is 0.730. The van der Waals surface area contributed by atoms with E-state index in [9.17, 15) is 0 Å². The summed E-state index contributed by atoms with van der Waals surface area (Å²) in [7, 11) is 19.1. The van der Waals surface area contributed by atoms with Gasteiger partial charge < -0.3 is 0 Å². The van der Waals surface area contributed by atoms with Crippen LogP contribution in [-0.4, -0.2) is 21.9 Å². The van der Waals surface area contributed by atoms with Crippen molar-refractivity contribution < 1.29 is 4.74 Å². The van der Waals surface area contributed by atoms with Crippen LogP contribution in [0.15, 0.2) is 24.3 Å². The van der Waals surface area contributed by atoms with E-state index in [0.29, 0.717) is 0 Å². The third-order valence-electron chi connectivity index (χ3n) is 1.33. The summed E-state index contributed by atoms with van der Waals surface area (Å²) in [5.41, 5.74) is 0. The third-order valence-corrected chi connectivity index (χ3v) is 7.21. The van der Waals surface area contributed by atoms with Gasteiger partial charge in [0.2, 0.25) is 0 Å². The maximum atomic E-state index is 5.83. The molecule has 0 atom stereocenters. The molecule has 0 aromatic heterocycles. The summed E-state index contributed by atoms with van der Waals surface area (Å²) >= 11 is -3.21. The van der Waals surface area contributed by atoms with Crippen LogP contribution in [0.25, 0.3) is 0 Å². The van der Waals surface area contributed by atoms with Gasteiger partial charge in [-0.2, -0.15) is 0 Å². The summed E-state index contributed by atoms with van der Waals surface area (Å²) in [5, 5.41) is 0. The first kappa shape index (κ1) is 10.8. The van der Waals surface area contributed by atoms with Gasteiger partial charge in [0.15, 0.2) is 0 Å². The van der Waals surface area contributed by atoms with Crippen LogP contribution < -0.4 is 8.35 Å². The van der Waals surface area contributed by atoms with Gasteiger partial charge in [0.05, 0.1) is 0 Å². The van der Waals surface area contributed by atoms with E-state index in [1.54, 1.807) is 31.4 Å². The summed E-state index contributed by atoms with van der Waals surface area (Å²) < 4.78 is 5.80. The second kappa shape index (κ2) is 4.26. The van der Waals surface area contributed by atoms with E-state index in [1.165, 1.54) is 0 Å². The molecule has 12 heavy (non-hydrogen) atoms. The van der Waals surface area contributed by atoms with Crippen molar-refractivity contribution in [1.82, 2.24) is 0 Å². The average Bonchev–Trinajstić information content (AvgIpc) is 2.03. The van der Waals surface area contributed by atoms with Gasteiger partial charge in [-0.3, -0.25) is 0 Å². The minimum atomic E-state index is -3.21. The molecule has 1 aromatic carbocycles. The first-order valence-electron chi connectivity index (χ1n) is 3.10. The molecule has 1 aromatic rings. The SMILES string of the molecule is COc1ccc([Te](Cl)(Cl)Cl)cc1. The molecular formula is C7H7Cl3OTe. The molecule has 1 rings (SSSR count). The number of hydrogen-bond acceptors (Lipinski definition) is 1. The number of ether oxygens (including phenoxy) is 1. The van der Waals surface area contributed by atoms with Crippen LogP contribution in [0, 0.1) is 0 Å². The van der Waals surface area contributed by atoms with Crippen LogP contribution >= 0.6 is 26.9 Å². The monoisotopic (exact) mass is 342 g/mol. The molecule has 0 amide bonds. The van der Waals surface area contributed by atoms with Crippen molar-refractivity contribution >= 4 is 45.3 Å². The van der Waals surface area contributed by atoms with Crippen LogP contribution in [0.3, 0.4) is 0 Å². The van der Waals surface area contributed by atoms with Crippen molar-refractivity contribution in [1.29, 1.82) is 0 Å². The number of benzene rings is 1. The van der Waals surface area contributed by atoms with E-state index in [4.69, 9.17) is 31.6 Å². The number of hydrogen-bond donors (Lipinski definition) is 0. The van der Waals surface area contributed by atoms with Crippen molar-refractivity contribution in [2.45, 2.75) is 0 Å². The quantitative estimate of drug-likeness (QED) is 0.752. The van der Waals surface area contributed by atoms with E-state index in [1.807, 2.05) is 0 Å². The third kappa shape index (κ3) is 2.87. The van der Waals surface area contributed by atoms with Gasteiger partial charge in [-0.1, -0.05) is 0 Å². The summed E-state index contributed by atoms with van der Waals surface area (Å²) in [6, 6.07) is 7.19. The minimum absolute atomic E-state index is 0.774. The standard InChI is InChI=1S/C7H7Cl3OTe/c1-11-6-2-4-7(5-3-6)12(8,9)10/h2-5H,1H3. The second-order valence-corrected chi connectivity index (χ2v) is 18.2. The van der Waals surface area contributed by atoms with E-state index in [-0.39, 0.29) is 0 Å². The Morgan fingerprint density at radius 1 is 1.08 bits per heavy atom. The van der Waals surface area contributed by atoms with Crippen molar-refractivity contribution in [3.8, 4) is 5.75 Å². The molecule has 0 bridgehead atoms. The van der Waals surface area contributed by atoms with Gasteiger partial charge >= 0.3 is 87.2 Å². The van der Waals surface area contributed by atoms with Crippen LogP contribution in [0.4, 0.5) is 0 Å². The summed E-state index contributed by atoms with van der Waals surface area (Å²) in [4.78, 5) is 0. The second-order valence-electron chi connectivity index (χ2n) is 2.08. The molecule has 0 fully saturated rings. The van der Waals surface area contributed by atoms with Crippen LogP contribution in [0.1, 0.15) is 0 Å². The van der Waals surface area contributed by atoms with Crippen molar-refractivity contribution in [3.63, 3.8) is 0 Å². The molecule has 0 aliphatic rings. The Bertz CT molecular complexity index is 254. The number of halogens is 3. The van der Waals surface area contributed by atoms with Crippen LogP contribution in [0.2, 0.25) is 0 Å². The zero-order valence-corrected chi connectivity index (χ0v) is 10.9. The summed E-state index contributed by atoms with van der Waals surface area (Å²) in [6.07, 6.45) is 0. The average molecular weight is 341 g/mol. The molecular weight excluding hydrogens is 334 g/mol. The van der Waals surface area contributed by atoms with Gasteiger partial charge in [-0.25, -0.2) is 0 Å². The predicted molar refractivity (Wildman–Crippen MR) is 55.9 cm³/mol. The Hall–Kier alpha value is 0.680. The van der Waals surface area contributed by atoms with Crippen LogP contribution in [0.5, 0.6) is 5.75 Å². The Labute approximate surface area is 86.6 Å². The fraction of sp³-hybridized carbons (Fsp3) is 0.143. The maximum absolute atomic E-state index is 5.83. The molecule has 68 valence electrons. The van der Waals surface area contributed by atoms with Crippen molar-refractivity contribution in [2.75, 3.05) is 7.11 Å². The predicted octanol–water partition coefficient (Wildman–Crippen LogP) is 2.56. The van der Waals surface area contributed by atoms with E-state index >= 15 is 0 Å². The van der Waals surface area contributed by atoms with Gasteiger partial charge in [-0.15, -0.1) is 0 Å². The normalized spacial score (nSPS) is 12.7. The molecule has 0 aliphatic carbocycles. The van der Waals surface area contributed by atoms with Gasteiger partial charge in [0.1, 0.15) is 0 Å². The molecule has 0 heterocycles. The van der Waals surface area contributed by atoms with E-state index in [0.717, 1.165) is 9.36 Å². The Morgan fingerprint density at radius 2 is 1.58 bits per heavy atom. The molecule has 0 saturated carbocycles. The zero-order chi connectivity index (χ0) is 9.19. The summed E-state index contributed by atoms with van der Waals surface area (Å²) in [5.74, 6) is 0.774. The molecule has 0 radical (unpaired) electrons. The van der Waals surface area contributed by atoms with Gasteiger partial charge in [-0.05, 0) is 0 Å². The molecule has 0 N–H and O–H groups in total. The number of rotatable bonds is 2. The van der Waals surface area contributed by atoms with Crippen LogP contribution in [-0.2, 0) is 0 Å². The molecule has 0 saturated heterocycles. The zero-order valence-electron chi connectivity index (χ0n) is 6.26. The molecule has 0 aliphatic heterocycles. The molecule has 0 spiro atoms. The van der Waals surface area contributed by atoms with Gasteiger partial charge in [0, 0.05) is 0 Å². The first-order valence-corrected chi connectivity index (χ1v) is 13.1. The van der Waals surface area contributed by atoms with E-state index in [2.05, 4.69) is 0 Å². The van der Waals surface area contributed by atoms with Crippen molar-refractivity contribution in [2.24, 2.45) is 0 Å². The van der Waals surface area contributed by atoms with Crippen molar-refractivity contribution in [3.05, 3.63) is 24.3 Å². The van der Waals surface area contributed by atoms with Gasteiger partial charge in [0.25, 0.3) is 0 Å². The number of methoxy groups -OCH3 is 1. The topological polar surface area (TPSA) is 9.23 Å². The molecule has 5 heteroatoms. The van der Waals surface area contributed by atoms with E-state index < -0.39 is 14.8 Å². The molecule has 0 unspecified atom stereocenters. The Balaban J connectivity index is 2.93.